The number of sulfonamides is 1. The van der Waals surface area contributed by atoms with Crippen LogP contribution in [0, 0.1) is 17.0 Å². The van der Waals surface area contributed by atoms with Crippen LogP contribution in [-0.2, 0) is 19.6 Å². The maximum atomic E-state index is 13.2. The number of carbonyl (C=O) groups excluding carboxylic acids is 1. The third-order valence-electron chi connectivity index (χ3n) is 3.89. The van der Waals surface area contributed by atoms with Crippen LogP contribution in [0.15, 0.2) is 41.3 Å². The molecule has 2 rings (SSSR count). The lowest BCUT2D eigenvalue weighted by molar-refractivity contribution is -0.385. The smallest absolute Gasteiger partial charge is 0.326 e. The van der Waals surface area contributed by atoms with Crippen LogP contribution in [0.2, 0.25) is 5.02 Å². The SMILES string of the molecule is COC(=O)CN(c1ccc(OC)c(Cl)c1)S(=O)(=O)c1ccc(C)c([N+](=O)[O-])c1. The molecule has 0 aliphatic rings. The molecule has 0 atom stereocenters. The van der Waals surface area contributed by atoms with Gasteiger partial charge in [-0.3, -0.25) is 19.2 Å². The zero-order valence-electron chi connectivity index (χ0n) is 15.2. The minimum atomic E-state index is -4.34. The number of hydrogen-bond acceptors (Lipinski definition) is 7. The summed E-state index contributed by atoms with van der Waals surface area (Å²) in [6.45, 7) is 0.840. The number of ether oxygens (including phenoxy) is 2. The van der Waals surface area contributed by atoms with Gasteiger partial charge >= 0.3 is 5.97 Å². The van der Waals surface area contributed by atoms with E-state index in [1.54, 1.807) is 0 Å². The number of nitro benzene ring substituents is 1. The van der Waals surface area contributed by atoms with Crippen LogP contribution < -0.4 is 9.04 Å². The number of halogens is 1. The van der Waals surface area contributed by atoms with Crippen molar-refractivity contribution in [2.24, 2.45) is 0 Å². The molecule has 150 valence electrons. The number of nitro groups is 1. The molecule has 0 saturated carbocycles. The highest BCUT2D eigenvalue weighted by Crippen LogP contribution is 2.33. The molecule has 11 heteroatoms. The van der Waals surface area contributed by atoms with E-state index in [1.165, 1.54) is 44.4 Å². The molecule has 0 aliphatic heterocycles. The minimum Gasteiger partial charge on any atom is -0.495 e. The van der Waals surface area contributed by atoms with E-state index in [4.69, 9.17) is 16.3 Å². The lowest BCUT2D eigenvalue weighted by Crippen LogP contribution is -2.36. The van der Waals surface area contributed by atoms with Crippen LogP contribution in [-0.4, -0.2) is 40.1 Å². The maximum Gasteiger partial charge on any atom is 0.326 e. The number of esters is 1. The van der Waals surface area contributed by atoms with Gasteiger partial charge in [-0.1, -0.05) is 17.7 Å². The topological polar surface area (TPSA) is 116 Å². The number of carbonyl (C=O) groups is 1. The third kappa shape index (κ3) is 4.34. The fraction of sp³-hybridized carbons (Fsp3) is 0.235. The summed E-state index contributed by atoms with van der Waals surface area (Å²) >= 11 is 6.08. The van der Waals surface area contributed by atoms with Gasteiger partial charge in [-0.25, -0.2) is 8.42 Å². The summed E-state index contributed by atoms with van der Waals surface area (Å²) in [6.07, 6.45) is 0. The van der Waals surface area contributed by atoms with Crippen molar-refractivity contribution in [3.8, 4) is 5.75 Å². The first-order valence-electron chi connectivity index (χ1n) is 7.80. The standard InChI is InChI=1S/C17H17ClN2O7S/c1-11-4-6-13(9-15(11)20(22)23)28(24,25)19(10-17(21)27-3)12-5-7-16(26-2)14(18)8-12/h4-9H,10H2,1-3H3. The Morgan fingerprint density at radius 3 is 2.43 bits per heavy atom. The Balaban J connectivity index is 2.62. The first-order valence-corrected chi connectivity index (χ1v) is 9.61. The molecule has 0 bridgehead atoms. The molecule has 0 unspecified atom stereocenters. The maximum absolute atomic E-state index is 13.2. The molecule has 0 aromatic heterocycles. The van der Waals surface area contributed by atoms with Crippen molar-refractivity contribution >= 4 is 39.0 Å². The van der Waals surface area contributed by atoms with Crippen LogP contribution in [0.1, 0.15) is 5.56 Å². The van der Waals surface area contributed by atoms with Gasteiger partial charge in [0.15, 0.2) is 0 Å². The van der Waals surface area contributed by atoms with Gasteiger partial charge in [0.05, 0.1) is 34.7 Å². The van der Waals surface area contributed by atoms with Crippen LogP contribution in [0.25, 0.3) is 0 Å². The van der Waals surface area contributed by atoms with Gasteiger partial charge in [-0.05, 0) is 31.2 Å². The van der Waals surface area contributed by atoms with Gasteiger partial charge in [0.1, 0.15) is 12.3 Å². The van der Waals surface area contributed by atoms with E-state index >= 15 is 0 Å². The van der Waals surface area contributed by atoms with E-state index in [0.29, 0.717) is 11.3 Å². The third-order valence-corrected chi connectivity index (χ3v) is 5.95. The second kappa shape index (κ2) is 8.44. The number of hydrogen-bond donors (Lipinski definition) is 0. The predicted octanol–water partition coefficient (Wildman–Crippen LogP) is 2.93. The molecule has 0 N–H and O–H groups in total. The largest absolute Gasteiger partial charge is 0.495 e. The van der Waals surface area contributed by atoms with E-state index in [0.717, 1.165) is 17.5 Å². The van der Waals surface area contributed by atoms with Crippen molar-refractivity contribution in [1.29, 1.82) is 0 Å². The van der Waals surface area contributed by atoms with E-state index < -0.39 is 27.5 Å². The Morgan fingerprint density at radius 1 is 1.21 bits per heavy atom. The van der Waals surface area contributed by atoms with Crippen molar-refractivity contribution in [3.63, 3.8) is 0 Å². The molecule has 0 radical (unpaired) electrons. The molecule has 28 heavy (non-hydrogen) atoms. The molecule has 2 aromatic carbocycles. The normalized spacial score (nSPS) is 11.0. The number of nitrogens with zero attached hydrogens (tertiary/aromatic N) is 2. The van der Waals surface area contributed by atoms with Gasteiger partial charge < -0.3 is 9.47 Å². The number of benzene rings is 2. The number of anilines is 1. The summed E-state index contributed by atoms with van der Waals surface area (Å²) in [5.74, 6) is -0.510. The molecule has 0 aliphatic carbocycles. The summed E-state index contributed by atoms with van der Waals surface area (Å²) in [7, 11) is -1.83. The summed E-state index contributed by atoms with van der Waals surface area (Å²) < 4.78 is 36.7. The van der Waals surface area contributed by atoms with Crippen molar-refractivity contribution in [2.45, 2.75) is 11.8 Å². The molecule has 0 fully saturated rings. The van der Waals surface area contributed by atoms with Gasteiger partial charge in [0.2, 0.25) is 0 Å². The van der Waals surface area contributed by atoms with E-state index in [9.17, 15) is 23.3 Å². The lowest BCUT2D eigenvalue weighted by atomic mass is 10.2. The van der Waals surface area contributed by atoms with E-state index in [-0.39, 0.29) is 21.3 Å². The van der Waals surface area contributed by atoms with Gasteiger partial charge in [-0.15, -0.1) is 0 Å². The predicted molar refractivity (Wildman–Crippen MR) is 102 cm³/mol. The van der Waals surface area contributed by atoms with Crippen molar-refractivity contribution in [1.82, 2.24) is 0 Å². The highest BCUT2D eigenvalue weighted by molar-refractivity contribution is 7.92. The van der Waals surface area contributed by atoms with E-state index in [2.05, 4.69) is 4.74 Å². The molecule has 0 spiro atoms. The second-order valence-electron chi connectivity index (χ2n) is 5.61. The Kier molecular flexibility index (Phi) is 6.47. The van der Waals surface area contributed by atoms with Crippen LogP contribution >= 0.6 is 11.6 Å². The number of aryl methyl sites for hydroxylation is 1. The van der Waals surface area contributed by atoms with Crippen molar-refractivity contribution < 1.29 is 27.6 Å². The van der Waals surface area contributed by atoms with Crippen LogP contribution in [0.4, 0.5) is 11.4 Å². The van der Waals surface area contributed by atoms with Crippen molar-refractivity contribution in [2.75, 3.05) is 25.1 Å². The average molecular weight is 429 g/mol. The Morgan fingerprint density at radius 2 is 1.89 bits per heavy atom. The highest BCUT2D eigenvalue weighted by atomic mass is 35.5. The molecular formula is C17H17ClN2O7S. The quantitative estimate of drug-likeness (QED) is 0.378. The summed E-state index contributed by atoms with van der Waals surface area (Å²) in [6, 6.07) is 7.64. The van der Waals surface area contributed by atoms with Gasteiger partial charge in [0.25, 0.3) is 15.7 Å². The van der Waals surface area contributed by atoms with Gasteiger partial charge in [0, 0.05) is 11.6 Å². The van der Waals surface area contributed by atoms with E-state index in [1.807, 2.05) is 0 Å². The highest BCUT2D eigenvalue weighted by Gasteiger charge is 2.30. The zero-order chi connectivity index (χ0) is 21.1. The Hall–Kier alpha value is -2.85. The number of methoxy groups -OCH3 is 2. The first kappa shape index (κ1) is 21.5. The fourth-order valence-corrected chi connectivity index (χ4v) is 4.05. The Bertz CT molecular complexity index is 1020. The van der Waals surface area contributed by atoms with Crippen molar-refractivity contribution in [3.05, 3.63) is 57.1 Å². The Labute approximate surface area is 166 Å². The van der Waals surface area contributed by atoms with Crippen LogP contribution in [0.3, 0.4) is 0 Å². The minimum absolute atomic E-state index is 0.0689. The second-order valence-corrected chi connectivity index (χ2v) is 7.88. The number of rotatable bonds is 7. The zero-order valence-corrected chi connectivity index (χ0v) is 16.8. The average Bonchev–Trinajstić information content (AvgIpc) is 2.65. The molecule has 0 heterocycles. The molecule has 0 saturated heterocycles. The summed E-state index contributed by atoms with van der Waals surface area (Å²) in [5, 5.41) is 11.3. The lowest BCUT2D eigenvalue weighted by Gasteiger charge is -2.24. The molecule has 0 amide bonds. The summed E-state index contributed by atoms with van der Waals surface area (Å²) in [4.78, 5) is 22.0. The monoisotopic (exact) mass is 428 g/mol. The first-order chi connectivity index (χ1) is 13.1. The molecular weight excluding hydrogens is 412 g/mol. The van der Waals surface area contributed by atoms with Gasteiger partial charge in [-0.2, -0.15) is 0 Å². The molecule has 9 nitrogen and oxygen atoms in total. The molecule has 2 aromatic rings. The fourth-order valence-electron chi connectivity index (χ4n) is 2.38. The van der Waals surface area contributed by atoms with Crippen LogP contribution in [0.5, 0.6) is 5.75 Å². The summed E-state index contributed by atoms with van der Waals surface area (Å²) in [5.41, 5.74) is 0.0160.